The molecule has 2 atom stereocenters. The highest BCUT2D eigenvalue weighted by molar-refractivity contribution is 7.92. The Bertz CT molecular complexity index is 1010. The summed E-state index contributed by atoms with van der Waals surface area (Å²) in [4.78, 5) is 2.26. The van der Waals surface area contributed by atoms with E-state index in [1.54, 1.807) is 12.1 Å². The van der Waals surface area contributed by atoms with Crippen LogP contribution in [0.1, 0.15) is 19.4 Å². The van der Waals surface area contributed by atoms with Crippen LogP contribution in [0, 0.1) is 11.8 Å². The first-order valence-electron chi connectivity index (χ1n) is 9.64. The highest BCUT2D eigenvalue weighted by Crippen LogP contribution is 2.34. The van der Waals surface area contributed by atoms with Crippen LogP contribution in [-0.4, -0.2) is 50.6 Å². The number of rotatable bonds is 6. The molecule has 3 rings (SSSR count). The Labute approximate surface area is 174 Å². The van der Waals surface area contributed by atoms with Crippen molar-refractivity contribution in [2.75, 3.05) is 19.3 Å². The maximum atomic E-state index is 13.3. The van der Waals surface area contributed by atoms with Gasteiger partial charge in [-0.05, 0) is 41.7 Å². The molecule has 6 nitrogen and oxygen atoms in total. The molecule has 1 unspecified atom stereocenters. The van der Waals surface area contributed by atoms with Gasteiger partial charge in [-0.2, -0.15) is 0 Å². The molecule has 1 aromatic rings. The Hall–Kier alpha value is -1.90. The molecule has 158 valence electrons. The van der Waals surface area contributed by atoms with E-state index in [2.05, 4.69) is 0 Å². The Kier molecular flexibility index (Phi) is 6.36. The lowest BCUT2D eigenvalue weighted by Gasteiger charge is -2.22. The second kappa shape index (κ2) is 8.45. The van der Waals surface area contributed by atoms with Crippen molar-refractivity contribution in [3.05, 3.63) is 66.5 Å². The van der Waals surface area contributed by atoms with Gasteiger partial charge in [0, 0.05) is 32.0 Å². The van der Waals surface area contributed by atoms with Crippen LogP contribution in [0.25, 0.3) is 0 Å². The van der Waals surface area contributed by atoms with Crippen molar-refractivity contribution in [3.8, 4) is 0 Å². The molecule has 0 aromatic heterocycles. The molecule has 0 aliphatic carbocycles. The highest BCUT2D eigenvalue weighted by Gasteiger charge is 2.45. The van der Waals surface area contributed by atoms with Crippen LogP contribution in [0.2, 0.25) is 0 Å². The third-order valence-corrected chi connectivity index (χ3v) is 8.97. The summed E-state index contributed by atoms with van der Waals surface area (Å²) in [6, 6.07) is 6.91. The molecular weight excluding hydrogens is 408 g/mol. The first-order chi connectivity index (χ1) is 13.6. The molecule has 0 saturated carbocycles. The summed E-state index contributed by atoms with van der Waals surface area (Å²) in [6.07, 6.45) is 12.8. The van der Waals surface area contributed by atoms with Crippen LogP contribution >= 0.6 is 0 Å². The van der Waals surface area contributed by atoms with Gasteiger partial charge in [0.1, 0.15) is 0 Å². The molecule has 0 bridgehead atoms. The van der Waals surface area contributed by atoms with Gasteiger partial charge in [-0.1, -0.05) is 38.1 Å². The lowest BCUT2D eigenvalue weighted by molar-refractivity contribution is 0.388. The minimum atomic E-state index is -3.64. The number of hydrogen-bond acceptors (Lipinski definition) is 5. The van der Waals surface area contributed by atoms with E-state index in [1.165, 1.54) is 4.31 Å². The second-order valence-electron chi connectivity index (χ2n) is 7.96. The Morgan fingerprint density at radius 2 is 1.52 bits per heavy atom. The van der Waals surface area contributed by atoms with Crippen molar-refractivity contribution in [2.45, 2.75) is 30.5 Å². The van der Waals surface area contributed by atoms with Crippen molar-refractivity contribution in [1.29, 1.82) is 0 Å². The topological polar surface area (TPSA) is 74.8 Å². The Balaban J connectivity index is 1.81. The van der Waals surface area contributed by atoms with Crippen molar-refractivity contribution in [1.82, 2.24) is 9.21 Å². The van der Waals surface area contributed by atoms with Crippen molar-refractivity contribution in [2.24, 2.45) is 11.8 Å². The summed E-state index contributed by atoms with van der Waals surface area (Å²) in [5, 5.41) is -0.731. The second-order valence-corrected chi connectivity index (χ2v) is 12.1. The van der Waals surface area contributed by atoms with Gasteiger partial charge in [-0.25, -0.2) is 21.1 Å². The molecule has 2 aliphatic rings. The summed E-state index contributed by atoms with van der Waals surface area (Å²) in [7, 11) is -7.06. The third kappa shape index (κ3) is 4.99. The SMILES string of the molecule is CC(C)[C@@H]1CN(S(C)(=O)=O)CC1S(=O)(=O)c1ccc(CN2C=CC=CC=C2)cc1. The van der Waals surface area contributed by atoms with Gasteiger partial charge in [0.05, 0.1) is 16.4 Å². The van der Waals surface area contributed by atoms with Crippen molar-refractivity contribution < 1.29 is 16.8 Å². The van der Waals surface area contributed by atoms with Crippen molar-refractivity contribution in [3.63, 3.8) is 0 Å². The molecular formula is C21H28N2O4S2. The van der Waals surface area contributed by atoms with Gasteiger partial charge in [0.2, 0.25) is 10.0 Å². The van der Waals surface area contributed by atoms with Crippen LogP contribution in [0.15, 0.2) is 65.9 Å². The van der Waals surface area contributed by atoms with Crippen LogP contribution in [0.4, 0.5) is 0 Å². The number of nitrogens with zero attached hydrogens (tertiary/aromatic N) is 2. The third-order valence-electron chi connectivity index (χ3n) is 5.50. The van der Waals surface area contributed by atoms with Crippen molar-refractivity contribution >= 4 is 19.9 Å². The van der Waals surface area contributed by atoms with Gasteiger partial charge < -0.3 is 4.90 Å². The number of sulfonamides is 1. The lowest BCUT2D eigenvalue weighted by atomic mass is 9.95. The van der Waals surface area contributed by atoms with E-state index in [0.29, 0.717) is 6.54 Å². The molecule has 0 amide bonds. The molecule has 0 spiro atoms. The van der Waals surface area contributed by atoms with E-state index in [1.807, 2.05) is 67.6 Å². The molecule has 1 aromatic carbocycles. The van der Waals surface area contributed by atoms with Gasteiger partial charge in [-0.15, -0.1) is 0 Å². The van der Waals surface area contributed by atoms with E-state index >= 15 is 0 Å². The van der Waals surface area contributed by atoms with Crippen LogP contribution in [0.5, 0.6) is 0 Å². The van der Waals surface area contributed by atoms with E-state index in [4.69, 9.17) is 0 Å². The normalized spacial score (nSPS) is 23.1. The lowest BCUT2D eigenvalue weighted by Crippen LogP contribution is -2.33. The zero-order chi connectivity index (χ0) is 21.2. The summed E-state index contributed by atoms with van der Waals surface area (Å²) in [5.41, 5.74) is 0.991. The van der Waals surface area contributed by atoms with Gasteiger partial charge in [-0.3, -0.25) is 0 Å². The van der Waals surface area contributed by atoms with E-state index in [-0.39, 0.29) is 29.8 Å². The predicted molar refractivity (Wildman–Crippen MR) is 115 cm³/mol. The molecule has 2 aliphatic heterocycles. The monoisotopic (exact) mass is 436 g/mol. The molecule has 1 fully saturated rings. The zero-order valence-corrected chi connectivity index (χ0v) is 18.6. The number of allylic oxidation sites excluding steroid dienone is 4. The quantitative estimate of drug-likeness (QED) is 0.686. The molecule has 0 N–H and O–H groups in total. The summed E-state index contributed by atoms with van der Waals surface area (Å²) >= 11 is 0. The summed E-state index contributed by atoms with van der Waals surface area (Å²) < 4.78 is 51.9. The maximum Gasteiger partial charge on any atom is 0.211 e. The first kappa shape index (κ1) is 21.8. The molecule has 8 heteroatoms. The predicted octanol–water partition coefficient (Wildman–Crippen LogP) is 2.78. The number of benzene rings is 1. The van der Waals surface area contributed by atoms with Crippen LogP contribution in [-0.2, 0) is 26.4 Å². The minimum absolute atomic E-state index is 0.0160. The fraction of sp³-hybridized carbons (Fsp3) is 0.429. The standard InChI is InChI=1S/C21H28N2O4S2/c1-17(2)20-15-23(28(3,24)25)16-21(20)29(26,27)19-10-8-18(9-11-19)14-22-12-6-4-5-7-13-22/h4-13,17,20-21H,14-16H2,1-3H3/t20-,21?/m0/s1. The largest absolute Gasteiger partial charge is 0.350 e. The first-order valence-corrected chi connectivity index (χ1v) is 13.0. The molecule has 29 heavy (non-hydrogen) atoms. The average molecular weight is 437 g/mol. The van der Waals surface area contributed by atoms with E-state index in [9.17, 15) is 16.8 Å². The number of hydrogen-bond donors (Lipinski definition) is 0. The Morgan fingerprint density at radius 3 is 2.03 bits per heavy atom. The summed E-state index contributed by atoms with van der Waals surface area (Å²) in [5.74, 6) is -0.162. The maximum absolute atomic E-state index is 13.3. The fourth-order valence-corrected chi connectivity index (χ4v) is 6.85. The molecule has 0 radical (unpaired) electrons. The minimum Gasteiger partial charge on any atom is -0.350 e. The van der Waals surface area contributed by atoms with Crippen LogP contribution in [0.3, 0.4) is 0 Å². The average Bonchev–Trinajstić information content (AvgIpc) is 2.98. The smallest absolute Gasteiger partial charge is 0.211 e. The van der Waals surface area contributed by atoms with E-state index < -0.39 is 25.1 Å². The highest BCUT2D eigenvalue weighted by atomic mass is 32.2. The molecule has 1 saturated heterocycles. The zero-order valence-electron chi connectivity index (χ0n) is 17.0. The van der Waals surface area contributed by atoms with Crippen LogP contribution < -0.4 is 0 Å². The van der Waals surface area contributed by atoms with Gasteiger partial charge in [0.15, 0.2) is 9.84 Å². The summed E-state index contributed by atoms with van der Waals surface area (Å²) in [6.45, 7) is 4.79. The van der Waals surface area contributed by atoms with Gasteiger partial charge >= 0.3 is 0 Å². The number of sulfone groups is 1. The molecule has 2 heterocycles. The van der Waals surface area contributed by atoms with Gasteiger partial charge in [0.25, 0.3) is 0 Å². The van der Waals surface area contributed by atoms with E-state index in [0.717, 1.165) is 11.8 Å². The Morgan fingerprint density at radius 1 is 0.931 bits per heavy atom. The fourth-order valence-electron chi connectivity index (χ4n) is 3.78.